The second kappa shape index (κ2) is 10.7. The molecule has 0 radical (unpaired) electrons. The minimum atomic E-state index is -0.133. The zero-order valence-electron chi connectivity index (χ0n) is 17.0. The summed E-state index contributed by atoms with van der Waals surface area (Å²) in [5.41, 5.74) is 1.13. The molecule has 1 heterocycles. The van der Waals surface area contributed by atoms with Gasteiger partial charge in [-0.25, -0.2) is 0 Å². The van der Waals surface area contributed by atoms with E-state index in [0.717, 1.165) is 63.7 Å². The van der Waals surface area contributed by atoms with Gasteiger partial charge in [-0.15, -0.1) is 0 Å². The molecule has 1 saturated carbocycles. The number of hydrogen-bond donors (Lipinski definition) is 2. The Kier molecular flexibility index (Phi) is 7.98. The highest BCUT2D eigenvalue weighted by Gasteiger charge is 2.20. The zero-order chi connectivity index (χ0) is 19.8. The highest BCUT2D eigenvalue weighted by atomic mass is 16.5. The number of rotatable bonds is 8. The standard InChI is InChI=1S/C22H34N2O4/c1-2-27-21-14-17(15-23-18-7-9-19(25)10-8-18)6-11-20(21)28-16-22(26)24-12-4-3-5-13-24/h6,11,14,18-19,23,25H,2-5,7-10,12-13,15-16H2,1H3. The van der Waals surface area contributed by atoms with Crippen molar-refractivity contribution in [1.29, 1.82) is 0 Å². The van der Waals surface area contributed by atoms with Crippen LogP contribution in [0.25, 0.3) is 0 Å². The Morgan fingerprint density at radius 3 is 2.57 bits per heavy atom. The first-order valence-electron chi connectivity index (χ1n) is 10.7. The maximum absolute atomic E-state index is 12.3. The number of piperidine rings is 1. The van der Waals surface area contributed by atoms with Crippen LogP contribution >= 0.6 is 0 Å². The Balaban J connectivity index is 1.53. The number of nitrogens with zero attached hydrogens (tertiary/aromatic N) is 1. The molecule has 0 spiro atoms. The lowest BCUT2D eigenvalue weighted by Crippen LogP contribution is -2.38. The number of ether oxygens (including phenoxy) is 2. The third kappa shape index (κ3) is 6.11. The van der Waals surface area contributed by atoms with Gasteiger partial charge in [-0.3, -0.25) is 4.79 Å². The maximum atomic E-state index is 12.3. The lowest BCUT2D eigenvalue weighted by molar-refractivity contribution is -0.134. The molecule has 1 aliphatic heterocycles. The molecule has 2 N–H and O–H groups in total. The SMILES string of the molecule is CCOc1cc(CNC2CCC(O)CC2)ccc1OCC(=O)N1CCCCC1. The molecule has 0 aromatic heterocycles. The number of aliphatic hydroxyl groups excluding tert-OH is 1. The normalized spacial score (nSPS) is 22.7. The topological polar surface area (TPSA) is 71.0 Å². The molecule has 2 aliphatic rings. The van der Waals surface area contributed by atoms with E-state index in [1.165, 1.54) is 6.42 Å². The first-order chi connectivity index (χ1) is 13.7. The smallest absolute Gasteiger partial charge is 0.260 e. The Hall–Kier alpha value is -1.79. The van der Waals surface area contributed by atoms with Gasteiger partial charge in [0.25, 0.3) is 5.91 Å². The first kappa shape index (κ1) is 20.9. The van der Waals surface area contributed by atoms with Crippen molar-refractivity contribution in [2.45, 2.75) is 70.6 Å². The predicted molar refractivity (Wildman–Crippen MR) is 109 cm³/mol. The molecular formula is C22H34N2O4. The molecule has 2 fully saturated rings. The summed E-state index contributed by atoms with van der Waals surface area (Å²) in [5.74, 6) is 1.36. The van der Waals surface area contributed by atoms with Crippen molar-refractivity contribution >= 4 is 5.91 Å². The van der Waals surface area contributed by atoms with Gasteiger partial charge in [0.1, 0.15) is 0 Å². The van der Waals surface area contributed by atoms with Crippen molar-refractivity contribution < 1.29 is 19.4 Å². The Morgan fingerprint density at radius 1 is 1.11 bits per heavy atom. The van der Waals surface area contributed by atoms with E-state index in [4.69, 9.17) is 9.47 Å². The van der Waals surface area contributed by atoms with Crippen LogP contribution < -0.4 is 14.8 Å². The van der Waals surface area contributed by atoms with Crippen LogP contribution in [0.15, 0.2) is 18.2 Å². The minimum absolute atomic E-state index is 0.0485. The summed E-state index contributed by atoms with van der Waals surface area (Å²) < 4.78 is 11.6. The van der Waals surface area contributed by atoms with E-state index in [2.05, 4.69) is 5.32 Å². The summed E-state index contributed by atoms with van der Waals surface area (Å²) in [7, 11) is 0. The Labute approximate surface area is 168 Å². The number of aliphatic hydroxyl groups is 1. The van der Waals surface area contributed by atoms with E-state index in [1.807, 2.05) is 30.0 Å². The van der Waals surface area contributed by atoms with Crippen LogP contribution in [-0.4, -0.2) is 54.4 Å². The van der Waals surface area contributed by atoms with Crippen LogP contribution in [-0.2, 0) is 11.3 Å². The molecule has 1 aliphatic carbocycles. The lowest BCUT2D eigenvalue weighted by atomic mass is 9.93. The van der Waals surface area contributed by atoms with Gasteiger partial charge in [0.05, 0.1) is 12.7 Å². The number of carbonyl (C=O) groups excluding carboxylic acids is 1. The predicted octanol–water partition coefficient (Wildman–Crippen LogP) is 2.87. The van der Waals surface area contributed by atoms with Gasteiger partial charge in [0.15, 0.2) is 18.1 Å². The quantitative estimate of drug-likeness (QED) is 0.714. The maximum Gasteiger partial charge on any atom is 0.260 e. The Morgan fingerprint density at radius 2 is 1.86 bits per heavy atom. The number of benzene rings is 1. The van der Waals surface area contributed by atoms with Crippen LogP contribution in [0.2, 0.25) is 0 Å². The van der Waals surface area contributed by atoms with Crippen LogP contribution in [0.4, 0.5) is 0 Å². The van der Waals surface area contributed by atoms with Crippen LogP contribution in [0.1, 0.15) is 57.4 Å². The van der Waals surface area contributed by atoms with Gasteiger partial charge in [0.2, 0.25) is 0 Å². The van der Waals surface area contributed by atoms with Crippen molar-refractivity contribution in [3.63, 3.8) is 0 Å². The van der Waals surface area contributed by atoms with Gasteiger partial charge < -0.3 is 24.8 Å². The van der Waals surface area contributed by atoms with E-state index in [1.54, 1.807) is 0 Å². The molecule has 1 aromatic carbocycles. The molecule has 28 heavy (non-hydrogen) atoms. The minimum Gasteiger partial charge on any atom is -0.490 e. The van der Waals surface area contributed by atoms with E-state index in [-0.39, 0.29) is 18.6 Å². The fourth-order valence-electron chi connectivity index (χ4n) is 3.97. The van der Waals surface area contributed by atoms with Gasteiger partial charge in [-0.2, -0.15) is 0 Å². The summed E-state index contributed by atoms with van der Waals surface area (Å²) in [6, 6.07) is 6.37. The lowest BCUT2D eigenvalue weighted by Gasteiger charge is -2.27. The average molecular weight is 391 g/mol. The van der Waals surface area contributed by atoms with Crippen molar-refractivity contribution in [2.24, 2.45) is 0 Å². The molecule has 1 aromatic rings. The summed E-state index contributed by atoms with van der Waals surface area (Å²) in [4.78, 5) is 14.2. The number of likely N-dealkylation sites (tertiary alicyclic amines) is 1. The molecule has 0 bridgehead atoms. The highest BCUT2D eigenvalue weighted by Crippen LogP contribution is 2.29. The third-order valence-corrected chi connectivity index (χ3v) is 5.66. The molecule has 0 atom stereocenters. The van der Waals surface area contributed by atoms with E-state index in [9.17, 15) is 9.90 Å². The number of amides is 1. The highest BCUT2D eigenvalue weighted by molar-refractivity contribution is 5.78. The fraction of sp³-hybridized carbons (Fsp3) is 0.682. The second-order valence-electron chi connectivity index (χ2n) is 7.83. The first-order valence-corrected chi connectivity index (χ1v) is 10.7. The zero-order valence-corrected chi connectivity index (χ0v) is 17.0. The summed E-state index contributed by atoms with van der Waals surface area (Å²) in [6.07, 6.45) is 7.01. The van der Waals surface area contributed by atoms with E-state index in [0.29, 0.717) is 24.1 Å². The second-order valence-corrected chi connectivity index (χ2v) is 7.83. The fourth-order valence-corrected chi connectivity index (χ4v) is 3.97. The number of nitrogens with one attached hydrogen (secondary N) is 1. The molecule has 1 amide bonds. The Bertz CT molecular complexity index is 623. The molecule has 3 rings (SSSR count). The van der Waals surface area contributed by atoms with Crippen molar-refractivity contribution in [2.75, 3.05) is 26.3 Å². The van der Waals surface area contributed by atoms with Crippen molar-refractivity contribution in [1.82, 2.24) is 10.2 Å². The van der Waals surface area contributed by atoms with Crippen LogP contribution in [0.5, 0.6) is 11.5 Å². The monoisotopic (exact) mass is 390 g/mol. The summed E-state index contributed by atoms with van der Waals surface area (Å²) >= 11 is 0. The van der Waals surface area contributed by atoms with Gasteiger partial charge in [0, 0.05) is 25.7 Å². The molecule has 6 heteroatoms. The molecule has 0 unspecified atom stereocenters. The van der Waals surface area contributed by atoms with Gasteiger partial charge in [-0.1, -0.05) is 6.07 Å². The van der Waals surface area contributed by atoms with E-state index >= 15 is 0 Å². The molecule has 1 saturated heterocycles. The third-order valence-electron chi connectivity index (χ3n) is 5.66. The van der Waals surface area contributed by atoms with Crippen LogP contribution in [0, 0.1) is 0 Å². The van der Waals surface area contributed by atoms with E-state index < -0.39 is 0 Å². The summed E-state index contributed by atoms with van der Waals surface area (Å²) in [5, 5.41) is 13.2. The molecule has 6 nitrogen and oxygen atoms in total. The number of hydrogen-bond acceptors (Lipinski definition) is 5. The number of carbonyl (C=O) groups is 1. The average Bonchev–Trinajstić information content (AvgIpc) is 2.73. The van der Waals surface area contributed by atoms with Gasteiger partial charge >= 0.3 is 0 Å². The van der Waals surface area contributed by atoms with Crippen molar-refractivity contribution in [3.05, 3.63) is 23.8 Å². The van der Waals surface area contributed by atoms with Crippen LogP contribution in [0.3, 0.4) is 0 Å². The van der Waals surface area contributed by atoms with Crippen molar-refractivity contribution in [3.8, 4) is 11.5 Å². The van der Waals surface area contributed by atoms with Gasteiger partial charge in [-0.05, 0) is 69.6 Å². The largest absolute Gasteiger partial charge is 0.490 e. The summed E-state index contributed by atoms with van der Waals surface area (Å²) in [6.45, 7) is 4.98. The molecular weight excluding hydrogens is 356 g/mol. The molecule has 156 valence electrons.